The lowest BCUT2D eigenvalue weighted by Crippen LogP contribution is -2.12. The summed E-state index contributed by atoms with van der Waals surface area (Å²) in [5, 5.41) is 6.17. The number of hydrogen-bond donors (Lipinski definition) is 1. The second-order valence-electron chi connectivity index (χ2n) is 3.17. The minimum Gasteiger partial charge on any atom is -0.345 e. The van der Waals surface area contributed by atoms with Gasteiger partial charge in [-0.05, 0) is 29.6 Å². The lowest BCUT2D eigenvalue weighted by Gasteiger charge is -2.13. The molecule has 1 unspecified atom stereocenters. The highest BCUT2D eigenvalue weighted by Crippen LogP contribution is 2.23. The molecule has 0 aliphatic heterocycles. The molecule has 0 bridgehead atoms. The van der Waals surface area contributed by atoms with Crippen molar-refractivity contribution in [2.45, 2.75) is 19.4 Å². The van der Waals surface area contributed by atoms with Crippen LogP contribution in [0.15, 0.2) is 11.6 Å². The third-order valence-electron chi connectivity index (χ3n) is 2.04. The number of halogens is 2. The summed E-state index contributed by atoms with van der Waals surface area (Å²) in [4.78, 5) is 15.8. The quantitative estimate of drug-likeness (QED) is 0.936. The van der Waals surface area contributed by atoms with Gasteiger partial charge in [0.2, 0.25) is 16.5 Å². The molecule has 2 heterocycles. The summed E-state index contributed by atoms with van der Waals surface area (Å²) in [7, 11) is 0. The Balaban J connectivity index is 2.18. The molecule has 0 spiro atoms. The van der Waals surface area contributed by atoms with Crippen LogP contribution in [0.2, 0.25) is 10.6 Å². The van der Waals surface area contributed by atoms with Gasteiger partial charge in [-0.15, -0.1) is 11.3 Å². The number of nitrogens with one attached hydrogen (secondary N) is 1. The molecule has 0 saturated carbocycles. The normalized spacial score (nSPS) is 12.4. The third kappa shape index (κ3) is 3.24. The Bertz CT molecular complexity index is 470. The molecule has 0 saturated heterocycles. The maximum atomic E-state index is 5.70. The highest BCUT2D eigenvalue weighted by atomic mass is 35.5. The van der Waals surface area contributed by atoms with Gasteiger partial charge in [0.15, 0.2) is 0 Å². The minimum atomic E-state index is 0.0459. The molecular formula is C9H9Cl2N5S. The first-order valence-electron chi connectivity index (χ1n) is 4.92. The molecule has 0 aromatic carbocycles. The van der Waals surface area contributed by atoms with Crippen molar-refractivity contribution in [3.63, 3.8) is 0 Å². The van der Waals surface area contributed by atoms with Gasteiger partial charge in [-0.1, -0.05) is 6.92 Å². The van der Waals surface area contributed by atoms with Crippen LogP contribution < -0.4 is 5.32 Å². The number of rotatable bonds is 4. The van der Waals surface area contributed by atoms with E-state index in [0.29, 0.717) is 5.95 Å². The standard InChI is InChI=1S/C9H9Cl2N5S/c1-2-5(6-12-3-4-17-6)13-9-15-7(10)14-8(11)16-9/h3-5H,2H2,1H3,(H,13,14,15,16). The lowest BCUT2D eigenvalue weighted by atomic mass is 10.2. The van der Waals surface area contributed by atoms with Gasteiger partial charge in [0.05, 0.1) is 6.04 Å². The van der Waals surface area contributed by atoms with E-state index in [1.54, 1.807) is 17.5 Å². The van der Waals surface area contributed by atoms with Crippen LogP contribution in [0.5, 0.6) is 0 Å². The zero-order valence-electron chi connectivity index (χ0n) is 8.89. The van der Waals surface area contributed by atoms with E-state index in [4.69, 9.17) is 23.2 Å². The molecule has 5 nitrogen and oxygen atoms in total. The molecule has 17 heavy (non-hydrogen) atoms. The van der Waals surface area contributed by atoms with Crippen molar-refractivity contribution in [3.05, 3.63) is 27.2 Å². The van der Waals surface area contributed by atoms with E-state index >= 15 is 0 Å². The summed E-state index contributed by atoms with van der Waals surface area (Å²) in [5.41, 5.74) is 0. The summed E-state index contributed by atoms with van der Waals surface area (Å²) in [5.74, 6) is 0.358. The van der Waals surface area contributed by atoms with Crippen molar-refractivity contribution >= 4 is 40.5 Å². The van der Waals surface area contributed by atoms with Crippen molar-refractivity contribution in [2.24, 2.45) is 0 Å². The van der Waals surface area contributed by atoms with Crippen LogP contribution in [0.1, 0.15) is 24.4 Å². The smallest absolute Gasteiger partial charge is 0.228 e. The highest BCUT2D eigenvalue weighted by Gasteiger charge is 2.14. The second-order valence-corrected chi connectivity index (χ2v) is 4.77. The largest absolute Gasteiger partial charge is 0.345 e. The van der Waals surface area contributed by atoms with E-state index in [1.807, 2.05) is 12.3 Å². The predicted molar refractivity (Wildman–Crippen MR) is 68.6 cm³/mol. The monoisotopic (exact) mass is 289 g/mol. The summed E-state index contributed by atoms with van der Waals surface area (Å²) in [6.45, 7) is 2.05. The van der Waals surface area contributed by atoms with Gasteiger partial charge in [-0.25, -0.2) is 4.98 Å². The third-order valence-corrected chi connectivity index (χ3v) is 3.27. The molecule has 90 valence electrons. The number of nitrogens with zero attached hydrogens (tertiary/aromatic N) is 4. The van der Waals surface area contributed by atoms with Crippen LogP contribution in [0.25, 0.3) is 0 Å². The fourth-order valence-electron chi connectivity index (χ4n) is 1.29. The van der Waals surface area contributed by atoms with Crippen LogP contribution >= 0.6 is 34.5 Å². The van der Waals surface area contributed by atoms with Crippen molar-refractivity contribution in [1.82, 2.24) is 19.9 Å². The Hall–Kier alpha value is -0.980. The SMILES string of the molecule is CCC(Nc1nc(Cl)nc(Cl)n1)c1nccs1. The van der Waals surface area contributed by atoms with E-state index in [9.17, 15) is 0 Å². The van der Waals surface area contributed by atoms with Crippen LogP contribution in [-0.4, -0.2) is 19.9 Å². The van der Waals surface area contributed by atoms with Crippen molar-refractivity contribution in [3.8, 4) is 0 Å². The highest BCUT2D eigenvalue weighted by molar-refractivity contribution is 7.09. The molecule has 0 aliphatic carbocycles. The van der Waals surface area contributed by atoms with Crippen molar-refractivity contribution in [1.29, 1.82) is 0 Å². The van der Waals surface area contributed by atoms with Gasteiger partial charge < -0.3 is 5.32 Å². The van der Waals surface area contributed by atoms with E-state index in [0.717, 1.165) is 11.4 Å². The summed E-state index contributed by atoms with van der Waals surface area (Å²) in [6.07, 6.45) is 2.62. The van der Waals surface area contributed by atoms with E-state index in [1.165, 1.54) is 0 Å². The number of anilines is 1. The molecule has 0 amide bonds. The second kappa shape index (κ2) is 5.57. The number of aromatic nitrogens is 4. The van der Waals surface area contributed by atoms with Crippen molar-refractivity contribution in [2.75, 3.05) is 5.32 Å². The Morgan fingerprint density at radius 3 is 2.53 bits per heavy atom. The lowest BCUT2D eigenvalue weighted by molar-refractivity contribution is 0.730. The summed E-state index contributed by atoms with van der Waals surface area (Å²) >= 11 is 13.0. The minimum absolute atomic E-state index is 0.0459. The molecule has 0 aliphatic rings. The molecule has 1 atom stereocenters. The van der Waals surface area contributed by atoms with Crippen LogP contribution in [0.3, 0.4) is 0 Å². The molecule has 0 fully saturated rings. The molecule has 1 N–H and O–H groups in total. The van der Waals surface area contributed by atoms with Gasteiger partial charge in [-0.2, -0.15) is 15.0 Å². The van der Waals surface area contributed by atoms with Gasteiger partial charge in [0.25, 0.3) is 0 Å². The van der Waals surface area contributed by atoms with Gasteiger partial charge in [0, 0.05) is 11.6 Å². The topological polar surface area (TPSA) is 63.6 Å². The zero-order chi connectivity index (χ0) is 12.3. The average Bonchev–Trinajstić information content (AvgIpc) is 2.77. The first-order valence-corrected chi connectivity index (χ1v) is 6.55. The Morgan fingerprint density at radius 1 is 1.29 bits per heavy atom. The Kier molecular flexibility index (Phi) is 4.09. The van der Waals surface area contributed by atoms with E-state index in [-0.39, 0.29) is 16.6 Å². The molecule has 2 rings (SSSR count). The fraction of sp³-hybridized carbons (Fsp3) is 0.333. The molecule has 0 radical (unpaired) electrons. The van der Waals surface area contributed by atoms with Crippen LogP contribution in [0.4, 0.5) is 5.95 Å². The average molecular weight is 290 g/mol. The number of thiazole rings is 1. The molecular weight excluding hydrogens is 281 g/mol. The molecule has 2 aromatic rings. The summed E-state index contributed by atoms with van der Waals surface area (Å²) < 4.78 is 0. The first-order chi connectivity index (χ1) is 8.19. The molecule has 2 aromatic heterocycles. The molecule has 8 heteroatoms. The van der Waals surface area contributed by atoms with Crippen LogP contribution in [0, 0.1) is 0 Å². The maximum absolute atomic E-state index is 5.70. The van der Waals surface area contributed by atoms with Crippen molar-refractivity contribution < 1.29 is 0 Å². The van der Waals surface area contributed by atoms with Gasteiger partial charge in [0.1, 0.15) is 5.01 Å². The van der Waals surface area contributed by atoms with Gasteiger partial charge >= 0.3 is 0 Å². The van der Waals surface area contributed by atoms with Gasteiger partial charge in [-0.3, -0.25) is 0 Å². The van der Waals surface area contributed by atoms with E-state index < -0.39 is 0 Å². The summed E-state index contributed by atoms with van der Waals surface area (Å²) in [6, 6.07) is 0.0459. The Labute approximate surface area is 112 Å². The first kappa shape index (κ1) is 12.5. The Morgan fingerprint density at radius 2 is 2.00 bits per heavy atom. The predicted octanol–water partition coefficient (Wildman–Crippen LogP) is 3.20. The zero-order valence-corrected chi connectivity index (χ0v) is 11.2. The number of hydrogen-bond acceptors (Lipinski definition) is 6. The fourth-order valence-corrected chi connectivity index (χ4v) is 2.43. The van der Waals surface area contributed by atoms with Crippen LogP contribution in [-0.2, 0) is 0 Å². The van der Waals surface area contributed by atoms with E-state index in [2.05, 4.69) is 25.3 Å². The maximum Gasteiger partial charge on any atom is 0.228 e.